The number of fused-ring (bicyclic) bond motifs is 1. The zero-order valence-electron chi connectivity index (χ0n) is 20.3. The van der Waals surface area contributed by atoms with Crippen LogP contribution in [0.1, 0.15) is 17.3 Å². The molecule has 200 valence electrons. The number of carbonyl (C=O) groups excluding carboxylic acids is 1. The lowest BCUT2D eigenvalue weighted by Crippen LogP contribution is -2.44. The van der Waals surface area contributed by atoms with E-state index in [9.17, 15) is 22.4 Å². The first-order chi connectivity index (χ1) is 18.6. The van der Waals surface area contributed by atoms with Crippen LogP contribution < -0.4 is 36.8 Å². The molecule has 0 bridgehead atoms. The molecule has 0 fully saturated rings. The van der Waals surface area contributed by atoms with Crippen molar-refractivity contribution in [2.75, 3.05) is 16.9 Å². The number of methoxy groups -OCH3 is 1. The monoisotopic (exact) mass is 539 g/mol. The van der Waals surface area contributed by atoms with Gasteiger partial charge in [0, 0.05) is 5.69 Å². The molecule has 1 aliphatic rings. The average molecular weight is 539 g/mol. The fourth-order valence-electron chi connectivity index (χ4n) is 4.33. The molecular weight excluding hydrogens is 518 g/mol. The molecule has 1 aromatic heterocycles. The molecule has 12 heteroatoms. The number of carbonyl (C=O) groups is 1. The Hall–Kier alpha value is -5.00. The van der Waals surface area contributed by atoms with Crippen molar-refractivity contribution in [3.05, 3.63) is 107 Å². The molecule has 0 saturated heterocycles. The Labute approximate surface area is 219 Å². The maximum atomic E-state index is 14.8. The van der Waals surface area contributed by atoms with Crippen LogP contribution in [0.2, 0.25) is 0 Å². The van der Waals surface area contributed by atoms with Gasteiger partial charge in [0.25, 0.3) is 0 Å². The topological polar surface area (TPSA) is 110 Å². The predicted octanol–water partition coefficient (Wildman–Crippen LogP) is 4.53. The predicted molar refractivity (Wildman–Crippen MR) is 135 cm³/mol. The van der Waals surface area contributed by atoms with Crippen LogP contribution in [0.4, 0.5) is 39.4 Å². The number of furan rings is 1. The van der Waals surface area contributed by atoms with Crippen LogP contribution in [0, 0.1) is 5.82 Å². The van der Waals surface area contributed by atoms with E-state index in [0.29, 0.717) is 50.9 Å². The van der Waals surface area contributed by atoms with E-state index in [0.717, 1.165) is 0 Å². The standard InChI is InChI=1S/C27H21F4N5O3/c1-38-19-8-5-15(6-9-19)24-34-25-20(11-12-39-25)23(32)36(24)18-4-2-3-17(14-18)35(26(33)37)22-13-16(27(29,30)31)7-10-21(22)28/h2-14,24H,32H2,1H3,(H2,33,37). The van der Waals surface area contributed by atoms with Crippen LogP contribution in [-0.2, 0) is 6.18 Å². The number of nitrogens with zero attached hydrogens (tertiary/aromatic N) is 3. The number of halogens is 4. The second-order valence-electron chi connectivity index (χ2n) is 8.53. The van der Waals surface area contributed by atoms with Crippen molar-refractivity contribution < 1.29 is 31.5 Å². The van der Waals surface area contributed by atoms with E-state index < -0.39 is 35.4 Å². The fraction of sp³-hybridized carbons (Fsp3) is 0.111. The van der Waals surface area contributed by atoms with Crippen molar-refractivity contribution in [3.63, 3.8) is 0 Å². The minimum Gasteiger partial charge on any atom is -0.497 e. The minimum absolute atomic E-state index is 0.0116. The Balaban J connectivity index is 1.64. The number of hydrogen-bond acceptors (Lipinski definition) is 6. The van der Waals surface area contributed by atoms with Gasteiger partial charge in [-0.3, -0.25) is 4.90 Å². The molecule has 8 nitrogen and oxygen atoms in total. The normalized spacial score (nSPS) is 14.9. The Morgan fingerprint density at radius 3 is 2.49 bits per heavy atom. The Bertz CT molecular complexity index is 1670. The molecule has 0 radical (unpaired) electrons. The lowest BCUT2D eigenvalue weighted by atomic mass is 10.1. The molecule has 0 aliphatic carbocycles. The van der Waals surface area contributed by atoms with E-state index in [1.54, 1.807) is 41.3 Å². The van der Waals surface area contributed by atoms with E-state index in [1.165, 1.54) is 31.6 Å². The maximum Gasteiger partial charge on any atom is 0.416 e. The zero-order chi connectivity index (χ0) is 27.9. The second kappa shape index (κ2) is 9.71. The highest BCUT2D eigenvalue weighted by Gasteiger charge is 2.33. The molecule has 3 aromatic carbocycles. The number of amides is 2. The van der Waals surface area contributed by atoms with Crippen molar-refractivity contribution in [3.8, 4) is 5.75 Å². The largest absolute Gasteiger partial charge is 0.497 e. The van der Waals surface area contributed by atoms with Gasteiger partial charge in [-0.1, -0.05) is 18.2 Å². The van der Waals surface area contributed by atoms with E-state index in [-0.39, 0.29) is 11.5 Å². The molecule has 1 aliphatic heterocycles. The summed E-state index contributed by atoms with van der Waals surface area (Å²) in [5, 5.41) is 0.515. The smallest absolute Gasteiger partial charge is 0.416 e. The van der Waals surface area contributed by atoms with Gasteiger partial charge in [0.05, 0.1) is 35.5 Å². The van der Waals surface area contributed by atoms with Gasteiger partial charge >= 0.3 is 12.2 Å². The van der Waals surface area contributed by atoms with Gasteiger partial charge in [-0.15, -0.1) is 0 Å². The van der Waals surface area contributed by atoms with Crippen molar-refractivity contribution >= 4 is 28.9 Å². The summed E-state index contributed by atoms with van der Waals surface area (Å²) in [4.78, 5) is 19.5. The van der Waals surface area contributed by atoms with Gasteiger partial charge in [-0.2, -0.15) is 13.2 Å². The number of benzene rings is 3. The van der Waals surface area contributed by atoms with Crippen molar-refractivity contribution in [1.29, 1.82) is 0 Å². The van der Waals surface area contributed by atoms with E-state index >= 15 is 0 Å². The quantitative estimate of drug-likeness (QED) is 0.362. The molecular formula is C27H21F4N5O3. The third-order valence-electron chi connectivity index (χ3n) is 6.18. The number of hydrogen-bond donors (Lipinski definition) is 2. The Morgan fingerprint density at radius 2 is 1.82 bits per heavy atom. The SMILES string of the molecule is COc1ccc(C2N=c3occc3=C(N)N2c2cccc(N(C(N)=O)c3cc(C(F)(F)F)ccc3F)c2)cc1. The molecule has 39 heavy (non-hydrogen) atoms. The number of alkyl halides is 3. The highest BCUT2D eigenvalue weighted by atomic mass is 19.4. The third-order valence-corrected chi connectivity index (χ3v) is 6.18. The first-order valence-corrected chi connectivity index (χ1v) is 11.5. The van der Waals surface area contributed by atoms with Gasteiger partial charge in [-0.25, -0.2) is 14.2 Å². The van der Waals surface area contributed by atoms with E-state index in [4.69, 9.17) is 20.6 Å². The number of rotatable bonds is 5. The highest BCUT2D eigenvalue weighted by molar-refractivity contribution is 5.99. The molecule has 5 rings (SSSR count). The van der Waals surface area contributed by atoms with Crippen LogP contribution >= 0.6 is 0 Å². The van der Waals surface area contributed by atoms with Crippen LogP contribution in [0.5, 0.6) is 5.75 Å². The first kappa shape index (κ1) is 25.6. The molecule has 2 heterocycles. The number of nitrogens with two attached hydrogens (primary N) is 2. The molecule has 2 amide bonds. The first-order valence-electron chi connectivity index (χ1n) is 11.5. The Morgan fingerprint density at radius 1 is 1.08 bits per heavy atom. The summed E-state index contributed by atoms with van der Waals surface area (Å²) in [6.45, 7) is 0. The van der Waals surface area contributed by atoms with Crippen LogP contribution in [0.15, 0.2) is 88.5 Å². The summed E-state index contributed by atoms with van der Waals surface area (Å²) in [5.41, 5.74) is 11.7. The molecule has 0 saturated carbocycles. The van der Waals surface area contributed by atoms with E-state index in [2.05, 4.69) is 4.99 Å². The number of urea groups is 1. The summed E-state index contributed by atoms with van der Waals surface area (Å²) in [6, 6.07) is 15.3. The second-order valence-corrected chi connectivity index (χ2v) is 8.53. The van der Waals surface area contributed by atoms with Crippen molar-refractivity contribution in [1.82, 2.24) is 0 Å². The summed E-state index contributed by atoms with van der Waals surface area (Å²) >= 11 is 0. The molecule has 4 N–H and O–H groups in total. The third kappa shape index (κ3) is 4.72. The summed E-state index contributed by atoms with van der Waals surface area (Å²) in [6.07, 6.45) is -4.05. The lowest BCUT2D eigenvalue weighted by Gasteiger charge is -2.33. The number of ether oxygens (including phenoxy) is 1. The van der Waals surface area contributed by atoms with Gasteiger partial charge in [0.2, 0.25) is 5.55 Å². The van der Waals surface area contributed by atoms with Gasteiger partial charge in [0.1, 0.15) is 17.4 Å². The van der Waals surface area contributed by atoms with Gasteiger partial charge < -0.3 is 25.5 Å². The van der Waals surface area contributed by atoms with Gasteiger partial charge in [-0.05, 0) is 60.2 Å². The summed E-state index contributed by atoms with van der Waals surface area (Å²) in [5.74, 6) is -0.174. The Kier molecular flexibility index (Phi) is 6.38. The number of primary amides is 1. The van der Waals surface area contributed by atoms with Gasteiger partial charge in [0.15, 0.2) is 6.17 Å². The molecule has 1 atom stereocenters. The minimum atomic E-state index is -4.76. The van der Waals surface area contributed by atoms with Crippen LogP contribution in [0.25, 0.3) is 5.82 Å². The lowest BCUT2D eigenvalue weighted by molar-refractivity contribution is -0.137. The molecule has 1 unspecified atom stereocenters. The summed E-state index contributed by atoms with van der Waals surface area (Å²) in [7, 11) is 1.54. The average Bonchev–Trinajstić information content (AvgIpc) is 3.38. The summed E-state index contributed by atoms with van der Waals surface area (Å²) < 4.78 is 65.6. The fourth-order valence-corrected chi connectivity index (χ4v) is 4.33. The molecule has 0 spiro atoms. The zero-order valence-corrected chi connectivity index (χ0v) is 20.3. The van der Waals surface area contributed by atoms with Crippen LogP contribution in [-0.4, -0.2) is 13.1 Å². The van der Waals surface area contributed by atoms with Crippen molar-refractivity contribution in [2.45, 2.75) is 12.3 Å². The highest BCUT2D eigenvalue weighted by Crippen LogP contribution is 2.38. The van der Waals surface area contributed by atoms with Crippen LogP contribution in [0.3, 0.4) is 0 Å². The number of anilines is 3. The molecule has 4 aromatic rings. The van der Waals surface area contributed by atoms with E-state index in [1.807, 2.05) is 0 Å². The maximum absolute atomic E-state index is 14.8. The van der Waals surface area contributed by atoms with Crippen molar-refractivity contribution in [2.24, 2.45) is 16.5 Å².